The highest BCUT2D eigenvalue weighted by atomic mass is 79.9. The van der Waals surface area contributed by atoms with Crippen LogP contribution in [0.1, 0.15) is 15.9 Å². The van der Waals surface area contributed by atoms with Crippen molar-refractivity contribution in [1.29, 1.82) is 0 Å². The molecule has 2 aromatic rings. The van der Waals surface area contributed by atoms with Crippen molar-refractivity contribution >= 4 is 48.9 Å². The first kappa shape index (κ1) is 15.0. The Morgan fingerprint density at radius 1 is 1.35 bits per heavy atom. The highest BCUT2D eigenvalue weighted by Crippen LogP contribution is 2.30. The predicted octanol–water partition coefficient (Wildman–Crippen LogP) is 2.72. The molecule has 1 amide bonds. The number of halogens is 1. The number of hydrogen-bond donors (Lipinski definition) is 2. The minimum absolute atomic E-state index is 0.205. The molecular formula is C12H11BrN2O3S2. The Morgan fingerprint density at radius 3 is 2.55 bits per heavy atom. The summed E-state index contributed by atoms with van der Waals surface area (Å²) < 4.78 is 27.7. The lowest BCUT2D eigenvalue weighted by Gasteiger charge is -2.10. The van der Waals surface area contributed by atoms with Crippen LogP contribution < -0.4 is 10.5 Å². The van der Waals surface area contributed by atoms with E-state index in [-0.39, 0.29) is 4.21 Å². The Bertz CT molecular complexity index is 769. The number of rotatable bonds is 4. The van der Waals surface area contributed by atoms with Crippen molar-refractivity contribution in [2.45, 2.75) is 11.1 Å². The van der Waals surface area contributed by atoms with E-state index in [1.165, 1.54) is 12.1 Å². The van der Waals surface area contributed by atoms with E-state index in [1.54, 1.807) is 24.4 Å². The molecule has 5 nitrogen and oxygen atoms in total. The van der Waals surface area contributed by atoms with Crippen LogP contribution >= 0.6 is 27.3 Å². The number of benzene rings is 1. The van der Waals surface area contributed by atoms with Gasteiger partial charge in [0.05, 0.1) is 5.69 Å². The lowest BCUT2D eigenvalue weighted by Crippen LogP contribution is -2.14. The minimum Gasteiger partial charge on any atom is -0.366 e. The van der Waals surface area contributed by atoms with E-state index >= 15 is 0 Å². The number of carbonyl (C=O) groups excluding carboxylic acids is 1. The zero-order valence-corrected chi connectivity index (χ0v) is 13.6. The van der Waals surface area contributed by atoms with Crippen LogP contribution in [0.2, 0.25) is 0 Å². The number of thiophene rings is 1. The monoisotopic (exact) mass is 374 g/mol. The number of sulfonamides is 1. The van der Waals surface area contributed by atoms with E-state index in [1.807, 2.05) is 0 Å². The van der Waals surface area contributed by atoms with Crippen LogP contribution in [0, 0.1) is 6.92 Å². The third-order valence-corrected chi connectivity index (χ3v) is 6.62. The molecule has 0 aliphatic heterocycles. The molecule has 0 atom stereocenters. The van der Waals surface area contributed by atoms with Crippen molar-refractivity contribution in [3.8, 4) is 0 Å². The lowest BCUT2D eigenvalue weighted by molar-refractivity contribution is 0.1000. The average Bonchev–Trinajstić information content (AvgIpc) is 2.78. The third kappa shape index (κ3) is 3.02. The van der Waals surface area contributed by atoms with Gasteiger partial charge in [-0.15, -0.1) is 11.3 Å². The van der Waals surface area contributed by atoms with Gasteiger partial charge in [0.2, 0.25) is 5.91 Å². The molecule has 2 rings (SSSR count). The molecule has 20 heavy (non-hydrogen) atoms. The van der Waals surface area contributed by atoms with Crippen molar-refractivity contribution in [3.63, 3.8) is 0 Å². The van der Waals surface area contributed by atoms with Crippen LogP contribution in [0.5, 0.6) is 0 Å². The maximum Gasteiger partial charge on any atom is 0.272 e. The fourth-order valence-electron chi connectivity index (χ4n) is 1.59. The standard InChI is InChI=1S/C12H11BrN2O3S2/c1-7-6-8(11(14)16)2-3-10(7)15-20(17,18)12-9(13)4-5-19-12/h2-6,15H,1H3,(H2,14,16). The predicted molar refractivity (Wildman–Crippen MR) is 82.5 cm³/mol. The maximum atomic E-state index is 12.2. The molecule has 8 heteroatoms. The van der Waals surface area contributed by atoms with Crippen LogP contribution in [-0.4, -0.2) is 14.3 Å². The van der Waals surface area contributed by atoms with Gasteiger partial charge in [0.1, 0.15) is 0 Å². The lowest BCUT2D eigenvalue weighted by atomic mass is 10.1. The highest BCUT2D eigenvalue weighted by Gasteiger charge is 2.20. The quantitative estimate of drug-likeness (QED) is 0.861. The van der Waals surface area contributed by atoms with Gasteiger partial charge in [0, 0.05) is 10.0 Å². The van der Waals surface area contributed by atoms with E-state index in [0.29, 0.717) is 21.3 Å². The molecule has 1 aromatic heterocycles. The topological polar surface area (TPSA) is 89.3 Å². The van der Waals surface area contributed by atoms with Crippen molar-refractivity contribution in [1.82, 2.24) is 0 Å². The summed E-state index contributed by atoms with van der Waals surface area (Å²) in [4.78, 5) is 11.1. The zero-order valence-electron chi connectivity index (χ0n) is 10.4. The Hall–Kier alpha value is -1.38. The smallest absolute Gasteiger partial charge is 0.272 e. The van der Waals surface area contributed by atoms with Gasteiger partial charge in [-0.05, 0) is 58.1 Å². The largest absolute Gasteiger partial charge is 0.366 e. The molecule has 0 bridgehead atoms. The van der Waals surface area contributed by atoms with Crippen molar-refractivity contribution in [3.05, 3.63) is 45.2 Å². The van der Waals surface area contributed by atoms with E-state index in [2.05, 4.69) is 20.7 Å². The molecule has 1 aromatic carbocycles. The van der Waals surface area contributed by atoms with E-state index in [9.17, 15) is 13.2 Å². The summed E-state index contributed by atoms with van der Waals surface area (Å²) in [6.07, 6.45) is 0. The fourth-order valence-corrected chi connectivity index (χ4v) is 5.06. The van der Waals surface area contributed by atoms with E-state index < -0.39 is 15.9 Å². The third-order valence-electron chi connectivity index (χ3n) is 2.58. The summed E-state index contributed by atoms with van der Waals surface area (Å²) in [6, 6.07) is 6.22. The van der Waals surface area contributed by atoms with E-state index in [4.69, 9.17) is 5.73 Å². The van der Waals surface area contributed by atoms with Gasteiger partial charge in [-0.25, -0.2) is 8.42 Å². The van der Waals surface area contributed by atoms with E-state index in [0.717, 1.165) is 11.3 Å². The van der Waals surface area contributed by atoms with Gasteiger partial charge < -0.3 is 5.73 Å². The number of nitrogens with one attached hydrogen (secondary N) is 1. The number of amides is 1. The second-order valence-corrected chi connectivity index (χ2v) is 7.70. The Morgan fingerprint density at radius 2 is 2.05 bits per heavy atom. The normalized spacial score (nSPS) is 11.3. The highest BCUT2D eigenvalue weighted by molar-refractivity contribution is 9.10. The summed E-state index contributed by atoms with van der Waals surface area (Å²) in [5, 5.41) is 1.68. The molecule has 0 saturated carbocycles. The summed E-state index contributed by atoms with van der Waals surface area (Å²) in [7, 11) is -3.65. The second kappa shape index (κ2) is 5.55. The summed E-state index contributed by atoms with van der Waals surface area (Å²) in [5.41, 5.74) is 6.55. The molecule has 106 valence electrons. The molecule has 0 unspecified atom stereocenters. The number of aryl methyl sites for hydroxylation is 1. The SMILES string of the molecule is Cc1cc(C(N)=O)ccc1NS(=O)(=O)c1sccc1Br. The molecule has 0 spiro atoms. The van der Waals surface area contributed by atoms with Crippen molar-refractivity contribution in [2.24, 2.45) is 5.73 Å². The Labute approximate surface area is 129 Å². The van der Waals surface area contributed by atoms with Crippen LogP contribution in [0.25, 0.3) is 0 Å². The number of anilines is 1. The van der Waals surface area contributed by atoms with Crippen LogP contribution in [-0.2, 0) is 10.0 Å². The van der Waals surface area contributed by atoms with Crippen molar-refractivity contribution < 1.29 is 13.2 Å². The second-order valence-electron chi connectivity index (χ2n) is 4.06. The summed E-state index contributed by atoms with van der Waals surface area (Å²) in [5.74, 6) is -0.552. The Balaban J connectivity index is 2.36. The summed E-state index contributed by atoms with van der Waals surface area (Å²) in [6.45, 7) is 1.70. The van der Waals surface area contributed by atoms with Crippen molar-refractivity contribution in [2.75, 3.05) is 4.72 Å². The van der Waals surface area contributed by atoms with Gasteiger partial charge >= 0.3 is 0 Å². The van der Waals surface area contributed by atoms with Gasteiger partial charge in [-0.2, -0.15) is 0 Å². The zero-order chi connectivity index (χ0) is 14.9. The first-order valence-electron chi connectivity index (χ1n) is 5.47. The van der Waals surface area contributed by atoms with Crippen LogP contribution in [0.3, 0.4) is 0 Å². The van der Waals surface area contributed by atoms with Crippen LogP contribution in [0.15, 0.2) is 38.3 Å². The van der Waals surface area contributed by atoms with Gasteiger partial charge in [0.15, 0.2) is 4.21 Å². The molecule has 1 heterocycles. The fraction of sp³-hybridized carbons (Fsp3) is 0.0833. The molecule has 0 fully saturated rings. The molecule has 0 aliphatic rings. The first-order valence-corrected chi connectivity index (χ1v) is 8.63. The Kier molecular flexibility index (Phi) is 4.17. The number of nitrogens with two attached hydrogens (primary N) is 1. The molecule has 3 N–H and O–H groups in total. The maximum absolute atomic E-state index is 12.2. The number of carbonyl (C=O) groups is 1. The summed E-state index contributed by atoms with van der Waals surface area (Å²) >= 11 is 4.31. The molecule has 0 radical (unpaired) electrons. The number of primary amides is 1. The molecular weight excluding hydrogens is 364 g/mol. The van der Waals surface area contributed by atoms with Gasteiger partial charge in [0.25, 0.3) is 10.0 Å². The first-order chi connectivity index (χ1) is 9.31. The molecule has 0 aliphatic carbocycles. The molecule has 0 saturated heterocycles. The minimum atomic E-state index is -3.65. The number of hydrogen-bond acceptors (Lipinski definition) is 4. The van der Waals surface area contributed by atoms with Gasteiger partial charge in [-0.3, -0.25) is 9.52 Å². The average molecular weight is 375 g/mol. The van der Waals surface area contributed by atoms with Crippen LogP contribution in [0.4, 0.5) is 5.69 Å². The van der Waals surface area contributed by atoms with Gasteiger partial charge in [-0.1, -0.05) is 0 Å².